The molecule has 0 spiro atoms. The summed E-state index contributed by atoms with van der Waals surface area (Å²) in [4.78, 5) is 25.2. The average Bonchev–Trinajstić information content (AvgIpc) is 3.22. The summed E-state index contributed by atoms with van der Waals surface area (Å²) in [6, 6.07) is 28.6. The van der Waals surface area contributed by atoms with Gasteiger partial charge in [-0.3, -0.25) is 10.1 Å². The summed E-state index contributed by atoms with van der Waals surface area (Å²) in [5.41, 5.74) is -0.235. The van der Waals surface area contributed by atoms with E-state index in [2.05, 4.69) is 5.32 Å². The zero-order valence-corrected chi connectivity index (χ0v) is 29.6. The van der Waals surface area contributed by atoms with Crippen LogP contribution >= 0.6 is 0 Å². The molecular weight excluding hydrogens is 736 g/mol. The van der Waals surface area contributed by atoms with Gasteiger partial charge in [0.2, 0.25) is 6.29 Å². The highest BCUT2D eigenvalue weighted by atomic mass is 16.7. The largest absolute Gasteiger partial charge is 0.462 e. The maximum Gasteiger partial charge on any atom is 0.409 e. The van der Waals surface area contributed by atoms with Crippen molar-refractivity contribution in [3.63, 3.8) is 0 Å². The first-order chi connectivity index (χ1) is 27.0. The van der Waals surface area contributed by atoms with Crippen molar-refractivity contribution in [2.75, 3.05) is 13.2 Å². The summed E-state index contributed by atoms with van der Waals surface area (Å²) >= 11 is 0. The van der Waals surface area contributed by atoms with Crippen molar-refractivity contribution in [3.8, 4) is 5.75 Å². The van der Waals surface area contributed by atoms with Gasteiger partial charge in [0, 0.05) is 34.4 Å². The Morgan fingerprint density at radius 3 is 1.70 bits per heavy atom. The van der Waals surface area contributed by atoms with Crippen molar-refractivity contribution in [2.24, 2.45) is 0 Å². The van der Waals surface area contributed by atoms with Gasteiger partial charge < -0.3 is 64.7 Å². The number of nitrogens with one attached hydrogen (secondary N) is 1. The minimum atomic E-state index is -1.81. The molecule has 1 amide bonds. The number of benzene rings is 4. The second-order valence-electron chi connectivity index (χ2n) is 13.2. The highest BCUT2D eigenvalue weighted by molar-refractivity contribution is 5.70. The second-order valence-corrected chi connectivity index (χ2v) is 13.2. The number of carbonyl (C=O) groups is 1. The molecule has 8 N–H and O–H groups in total. The third-order valence-corrected chi connectivity index (χ3v) is 9.70. The number of hydrogen-bond acceptors (Lipinski definition) is 15. The standard InChI is InChI=1S/C39H42N2O15/c42-19-28-31(44)33(46)30(40-38(49)56-39(23-10-4-1-5-11-23,24-12-6-2-7-13-24)25-14-8-3-9-15-25)36(54-28)52-21-22-18-26(41(50)51)16-17-27(22)53-37-35(48)34(47)32(45)29(20-43)55-37/h1-18,28-37,42-48H,19-21H2,(H,40,49)/t28-,29-,30-,31-,32+,33-,34+,35-,36-,37-/m1/s1. The van der Waals surface area contributed by atoms with Crippen LogP contribution in [0.2, 0.25) is 0 Å². The summed E-state index contributed by atoms with van der Waals surface area (Å²) in [6.45, 7) is -2.09. The SMILES string of the molecule is O=C(N[C@H]1[C@H](OCc2cc([N+](=O)[O-])ccc2O[C@@H]2O[C@H](CO)[C@H](O)[C@H](O)[C@H]2O)O[C@H](CO)[C@@H](O)[C@@H]1O)OC(c1ccccc1)(c1ccccc1)c1ccccc1. The van der Waals surface area contributed by atoms with Crippen molar-refractivity contribution < 1.29 is 69.1 Å². The number of aliphatic hydroxyl groups is 7. The van der Waals surface area contributed by atoms with Gasteiger partial charge in [-0.05, 0) is 6.07 Å². The molecule has 2 aliphatic rings. The molecule has 4 aromatic rings. The first-order valence-electron chi connectivity index (χ1n) is 17.6. The minimum absolute atomic E-state index is 0.0431. The Morgan fingerprint density at radius 1 is 0.696 bits per heavy atom. The van der Waals surface area contributed by atoms with Gasteiger partial charge in [-0.25, -0.2) is 4.79 Å². The van der Waals surface area contributed by atoms with Gasteiger partial charge in [-0.2, -0.15) is 0 Å². The van der Waals surface area contributed by atoms with E-state index in [-0.39, 0.29) is 11.3 Å². The van der Waals surface area contributed by atoms with E-state index in [4.69, 9.17) is 23.7 Å². The fourth-order valence-electron chi connectivity index (χ4n) is 6.75. The molecule has 2 aliphatic heterocycles. The van der Waals surface area contributed by atoms with Crippen molar-refractivity contribution in [3.05, 3.63) is 142 Å². The molecular formula is C39H42N2O15. The molecule has 10 atom stereocenters. The molecule has 4 aromatic carbocycles. The van der Waals surface area contributed by atoms with Gasteiger partial charge in [0.05, 0.1) is 24.7 Å². The Labute approximate surface area is 320 Å². The number of nitro groups is 1. The quantitative estimate of drug-likeness (QED) is 0.0531. The summed E-state index contributed by atoms with van der Waals surface area (Å²) in [7, 11) is 0. The Hall–Kier alpha value is -5.05. The number of ether oxygens (including phenoxy) is 5. The van der Waals surface area contributed by atoms with E-state index in [1.54, 1.807) is 72.8 Å². The molecule has 2 saturated heterocycles. The van der Waals surface area contributed by atoms with Crippen LogP contribution in [0.4, 0.5) is 10.5 Å². The van der Waals surface area contributed by atoms with Gasteiger partial charge >= 0.3 is 6.09 Å². The molecule has 2 heterocycles. The van der Waals surface area contributed by atoms with Crippen molar-refractivity contribution in [1.29, 1.82) is 0 Å². The number of carbonyl (C=O) groups excluding carboxylic acids is 1. The number of aliphatic hydroxyl groups excluding tert-OH is 7. The summed E-state index contributed by atoms with van der Waals surface area (Å²) in [5.74, 6) is -0.155. The second kappa shape index (κ2) is 17.8. The first kappa shape index (κ1) is 40.6. The Kier molecular flexibility index (Phi) is 12.9. The van der Waals surface area contributed by atoms with Crippen LogP contribution in [0, 0.1) is 10.1 Å². The Balaban J connectivity index is 1.30. The molecule has 17 nitrogen and oxygen atoms in total. The number of amides is 1. The van der Waals surface area contributed by atoms with Crippen molar-refractivity contribution in [2.45, 2.75) is 73.6 Å². The predicted octanol–water partition coefficient (Wildman–Crippen LogP) is 0.816. The van der Waals surface area contributed by atoms with Gasteiger partial charge in [-0.15, -0.1) is 0 Å². The lowest BCUT2D eigenvalue weighted by atomic mass is 9.80. The molecule has 0 saturated carbocycles. The van der Waals surface area contributed by atoms with Crippen molar-refractivity contribution in [1.82, 2.24) is 5.32 Å². The van der Waals surface area contributed by atoms with Crippen LogP contribution in [0.5, 0.6) is 5.75 Å². The molecule has 56 heavy (non-hydrogen) atoms. The molecule has 6 rings (SSSR count). The molecule has 17 heteroatoms. The summed E-state index contributed by atoms with van der Waals surface area (Å²) in [6.07, 6.45) is -15.8. The number of nitro benzene ring substituents is 1. The van der Waals surface area contributed by atoms with Crippen LogP contribution in [0.3, 0.4) is 0 Å². The number of hydrogen-bond donors (Lipinski definition) is 8. The molecule has 0 unspecified atom stereocenters. The molecule has 0 aromatic heterocycles. The van der Waals surface area contributed by atoms with E-state index in [9.17, 15) is 50.7 Å². The van der Waals surface area contributed by atoms with E-state index < -0.39 is 103 Å². The summed E-state index contributed by atoms with van der Waals surface area (Å²) < 4.78 is 29.3. The molecule has 0 radical (unpaired) electrons. The third-order valence-electron chi connectivity index (χ3n) is 9.70. The van der Waals surface area contributed by atoms with Crippen LogP contribution in [-0.2, 0) is 31.2 Å². The van der Waals surface area contributed by atoms with Gasteiger partial charge in [0.15, 0.2) is 11.9 Å². The normalized spacial score (nSPS) is 27.9. The highest BCUT2D eigenvalue weighted by Crippen LogP contribution is 2.41. The van der Waals surface area contributed by atoms with Gasteiger partial charge in [0.1, 0.15) is 54.5 Å². The molecule has 2 fully saturated rings. The fourth-order valence-corrected chi connectivity index (χ4v) is 6.75. The van der Waals surface area contributed by atoms with Crippen LogP contribution in [0.1, 0.15) is 22.3 Å². The van der Waals surface area contributed by atoms with Crippen LogP contribution in [-0.4, -0.2) is 121 Å². The number of non-ortho nitro benzene ring substituents is 1. The van der Waals surface area contributed by atoms with Crippen LogP contribution in [0.15, 0.2) is 109 Å². The minimum Gasteiger partial charge on any atom is -0.462 e. The lowest BCUT2D eigenvalue weighted by Gasteiger charge is -2.43. The fraction of sp³-hybridized carbons (Fsp3) is 0.359. The lowest BCUT2D eigenvalue weighted by molar-refractivity contribution is -0.385. The highest BCUT2D eigenvalue weighted by Gasteiger charge is 2.48. The molecule has 0 aliphatic carbocycles. The smallest absolute Gasteiger partial charge is 0.409 e. The maximum atomic E-state index is 14.1. The van der Waals surface area contributed by atoms with E-state index in [0.29, 0.717) is 16.7 Å². The zero-order chi connectivity index (χ0) is 40.0. The van der Waals surface area contributed by atoms with Crippen LogP contribution < -0.4 is 10.1 Å². The topological polar surface area (TPSA) is 260 Å². The average molecular weight is 779 g/mol. The maximum absolute atomic E-state index is 14.1. The lowest BCUT2D eigenvalue weighted by Crippen LogP contribution is -2.65. The predicted molar refractivity (Wildman–Crippen MR) is 193 cm³/mol. The summed E-state index contributed by atoms with van der Waals surface area (Å²) in [5, 5.41) is 87.0. The Morgan fingerprint density at radius 2 is 1.20 bits per heavy atom. The van der Waals surface area contributed by atoms with E-state index in [0.717, 1.165) is 12.1 Å². The van der Waals surface area contributed by atoms with Crippen LogP contribution in [0.25, 0.3) is 0 Å². The van der Waals surface area contributed by atoms with E-state index >= 15 is 0 Å². The number of nitrogens with zero attached hydrogens (tertiary/aromatic N) is 1. The molecule has 298 valence electrons. The van der Waals surface area contributed by atoms with E-state index in [1.807, 2.05) is 18.2 Å². The zero-order valence-electron chi connectivity index (χ0n) is 29.6. The van der Waals surface area contributed by atoms with Gasteiger partial charge in [-0.1, -0.05) is 91.0 Å². The van der Waals surface area contributed by atoms with E-state index in [1.165, 1.54) is 6.07 Å². The Bertz CT molecular complexity index is 1810. The molecule has 0 bridgehead atoms. The van der Waals surface area contributed by atoms with Gasteiger partial charge in [0.25, 0.3) is 5.69 Å². The number of alkyl carbamates (subject to hydrolysis) is 1. The number of rotatable bonds is 13. The third kappa shape index (κ3) is 8.37. The first-order valence-corrected chi connectivity index (χ1v) is 17.6. The van der Waals surface area contributed by atoms with Crippen molar-refractivity contribution >= 4 is 11.8 Å². The monoisotopic (exact) mass is 778 g/mol.